The normalized spacial score (nSPS) is 21.2. The van der Waals surface area contributed by atoms with Gasteiger partial charge in [-0.2, -0.15) is 0 Å². The average Bonchev–Trinajstić information content (AvgIpc) is 2.51. The summed E-state index contributed by atoms with van der Waals surface area (Å²) in [5, 5.41) is 15.1. The number of aliphatic hydroxyl groups excluding tert-OH is 1. The van der Waals surface area contributed by atoms with E-state index in [4.69, 9.17) is 0 Å². The molecule has 1 aromatic rings. The van der Waals surface area contributed by atoms with Crippen molar-refractivity contribution >= 4 is 11.8 Å². The number of benzene rings is 1. The minimum absolute atomic E-state index is 0.0254. The van der Waals surface area contributed by atoms with Gasteiger partial charge in [-0.15, -0.1) is 0 Å². The lowest BCUT2D eigenvalue weighted by atomic mass is 9.87. The molecule has 0 aromatic heterocycles. The molecule has 1 aliphatic rings. The van der Waals surface area contributed by atoms with Gasteiger partial charge in [0.15, 0.2) is 0 Å². The fourth-order valence-corrected chi connectivity index (χ4v) is 2.85. The van der Waals surface area contributed by atoms with Crippen molar-refractivity contribution in [2.24, 2.45) is 5.92 Å². The zero-order chi connectivity index (χ0) is 15.9. The molecule has 3 N–H and O–H groups in total. The first-order valence-electron chi connectivity index (χ1n) is 7.85. The van der Waals surface area contributed by atoms with Crippen molar-refractivity contribution in [2.45, 2.75) is 38.7 Å². The first kappa shape index (κ1) is 16.5. The Morgan fingerprint density at radius 3 is 2.73 bits per heavy atom. The van der Waals surface area contributed by atoms with Crippen LogP contribution in [-0.4, -0.2) is 36.1 Å². The van der Waals surface area contributed by atoms with E-state index in [-0.39, 0.29) is 24.5 Å². The average molecular weight is 304 g/mol. The quantitative estimate of drug-likeness (QED) is 0.769. The maximum absolute atomic E-state index is 12.0. The summed E-state index contributed by atoms with van der Waals surface area (Å²) >= 11 is 0. The zero-order valence-electron chi connectivity index (χ0n) is 13.0. The van der Waals surface area contributed by atoms with Gasteiger partial charge >= 0.3 is 0 Å². The topological polar surface area (TPSA) is 78.4 Å². The zero-order valence-corrected chi connectivity index (χ0v) is 13.0. The highest BCUT2D eigenvalue weighted by atomic mass is 16.3. The third-order valence-electron chi connectivity index (χ3n) is 4.14. The van der Waals surface area contributed by atoms with Crippen LogP contribution >= 0.6 is 0 Å². The molecule has 0 radical (unpaired) electrons. The molecule has 0 heterocycles. The molecule has 5 heteroatoms. The standard InChI is InChI=1S/C17H24N2O3/c1-12-5-2-3-8-15(12)17(22)19-11-16(21)18-10-13-6-4-7-14(20)9-13/h2-3,5,8,13-14,20H,4,6-7,9-11H2,1H3,(H,18,21)(H,19,22). The molecule has 2 atom stereocenters. The minimum Gasteiger partial charge on any atom is -0.393 e. The molecule has 5 nitrogen and oxygen atoms in total. The maximum atomic E-state index is 12.0. The Balaban J connectivity index is 1.71. The van der Waals surface area contributed by atoms with Crippen LogP contribution in [0.15, 0.2) is 24.3 Å². The van der Waals surface area contributed by atoms with E-state index in [0.717, 1.165) is 31.2 Å². The third kappa shape index (κ3) is 4.84. The summed E-state index contributed by atoms with van der Waals surface area (Å²) < 4.78 is 0. The van der Waals surface area contributed by atoms with Crippen LogP contribution < -0.4 is 10.6 Å². The molecule has 120 valence electrons. The second kappa shape index (κ2) is 7.94. The van der Waals surface area contributed by atoms with E-state index < -0.39 is 0 Å². The second-order valence-electron chi connectivity index (χ2n) is 5.99. The molecule has 22 heavy (non-hydrogen) atoms. The van der Waals surface area contributed by atoms with Gasteiger partial charge in [0.1, 0.15) is 0 Å². The molecule has 0 saturated heterocycles. The van der Waals surface area contributed by atoms with Crippen molar-refractivity contribution in [3.05, 3.63) is 35.4 Å². The third-order valence-corrected chi connectivity index (χ3v) is 4.14. The molecule has 1 aromatic carbocycles. The fourth-order valence-electron chi connectivity index (χ4n) is 2.85. The van der Waals surface area contributed by atoms with Gasteiger partial charge in [-0.3, -0.25) is 9.59 Å². The molecule has 1 saturated carbocycles. The molecule has 1 fully saturated rings. The molecule has 2 unspecified atom stereocenters. The van der Waals surface area contributed by atoms with Crippen LogP contribution in [-0.2, 0) is 4.79 Å². The molecule has 0 bridgehead atoms. The fraction of sp³-hybridized carbons (Fsp3) is 0.529. The van der Waals surface area contributed by atoms with Gasteiger partial charge in [0.05, 0.1) is 12.6 Å². The van der Waals surface area contributed by atoms with Crippen molar-refractivity contribution in [3.63, 3.8) is 0 Å². The number of amides is 2. The molecule has 0 spiro atoms. The van der Waals surface area contributed by atoms with Crippen molar-refractivity contribution in [3.8, 4) is 0 Å². The summed E-state index contributed by atoms with van der Waals surface area (Å²) in [7, 11) is 0. The minimum atomic E-state index is -0.239. The van der Waals surface area contributed by atoms with Gasteiger partial charge < -0.3 is 15.7 Å². The number of hydrogen-bond acceptors (Lipinski definition) is 3. The largest absolute Gasteiger partial charge is 0.393 e. The Kier molecular flexibility index (Phi) is 5.95. The molecule has 1 aliphatic carbocycles. The van der Waals surface area contributed by atoms with E-state index in [2.05, 4.69) is 10.6 Å². The number of carbonyl (C=O) groups is 2. The van der Waals surface area contributed by atoms with Gasteiger partial charge in [0.25, 0.3) is 5.91 Å². The smallest absolute Gasteiger partial charge is 0.251 e. The van der Waals surface area contributed by atoms with Gasteiger partial charge in [-0.05, 0) is 43.7 Å². The maximum Gasteiger partial charge on any atom is 0.251 e. The van der Waals surface area contributed by atoms with Crippen LogP contribution in [0.5, 0.6) is 0 Å². The molecule has 2 amide bonds. The highest BCUT2D eigenvalue weighted by molar-refractivity contribution is 5.97. The Morgan fingerprint density at radius 2 is 2.00 bits per heavy atom. The van der Waals surface area contributed by atoms with Gasteiger partial charge in [0.2, 0.25) is 5.91 Å². The summed E-state index contributed by atoms with van der Waals surface area (Å²) in [5.41, 5.74) is 1.47. The van der Waals surface area contributed by atoms with Gasteiger partial charge in [-0.25, -0.2) is 0 Å². The number of aliphatic hydroxyl groups is 1. The summed E-state index contributed by atoms with van der Waals surface area (Å²) in [5.74, 6) is -0.0943. The van der Waals surface area contributed by atoms with E-state index >= 15 is 0 Å². The Hall–Kier alpha value is -1.88. The highest BCUT2D eigenvalue weighted by Gasteiger charge is 2.20. The lowest BCUT2D eigenvalue weighted by molar-refractivity contribution is -0.120. The number of hydrogen-bond donors (Lipinski definition) is 3. The summed E-state index contributed by atoms with van der Waals surface area (Å²) in [6.07, 6.45) is 3.40. The molecule has 2 rings (SSSR count). The van der Waals surface area contributed by atoms with E-state index in [9.17, 15) is 14.7 Å². The second-order valence-corrected chi connectivity index (χ2v) is 5.99. The van der Waals surface area contributed by atoms with Crippen LogP contribution in [0.1, 0.15) is 41.6 Å². The lowest BCUT2D eigenvalue weighted by Crippen LogP contribution is -2.40. The Labute approximate surface area is 131 Å². The number of rotatable bonds is 5. The summed E-state index contributed by atoms with van der Waals surface area (Å²) in [4.78, 5) is 23.8. The van der Waals surface area contributed by atoms with Crippen molar-refractivity contribution in [2.75, 3.05) is 13.1 Å². The first-order valence-corrected chi connectivity index (χ1v) is 7.85. The first-order chi connectivity index (χ1) is 10.6. The van der Waals surface area contributed by atoms with Crippen LogP contribution in [0.3, 0.4) is 0 Å². The van der Waals surface area contributed by atoms with E-state index in [1.165, 1.54) is 0 Å². The monoisotopic (exact) mass is 304 g/mol. The van der Waals surface area contributed by atoms with Gasteiger partial charge in [-0.1, -0.05) is 24.6 Å². The van der Waals surface area contributed by atoms with Crippen LogP contribution in [0, 0.1) is 12.8 Å². The van der Waals surface area contributed by atoms with Crippen molar-refractivity contribution in [1.82, 2.24) is 10.6 Å². The van der Waals surface area contributed by atoms with E-state index in [1.807, 2.05) is 19.1 Å². The number of aryl methyl sites for hydroxylation is 1. The predicted octanol–water partition coefficient (Wildman–Crippen LogP) is 1.39. The summed E-state index contributed by atoms with van der Waals surface area (Å²) in [6, 6.07) is 7.28. The van der Waals surface area contributed by atoms with Crippen molar-refractivity contribution in [1.29, 1.82) is 0 Å². The van der Waals surface area contributed by atoms with E-state index in [1.54, 1.807) is 12.1 Å². The Morgan fingerprint density at radius 1 is 1.23 bits per heavy atom. The van der Waals surface area contributed by atoms with E-state index in [0.29, 0.717) is 18.0 Å². The van der Waals surface area contributed by atoms with Crippen molar-refractivity contribution < 1.29 is 14.7 Å². The van der Waals surface area contributed by atoms with Crippen LogP contribution in [0.2, 0.25) is 0 Å². The summed E-state index contributed by atoms with van der Waals surface area (Å²) in [6.45, 7) is 2.40. The van der Waals surface area contributed by atoms with Crippen LogP contribution in [0.25, 0.3) is 0 Å². The lowest BCUT2D eigenvalue weighted by Gasteiger charge is -2.25. The highest BCUT2D eigenvalue weighted by Crippen LogP contribution is 2.23. The number of carbonyl (C=O) groups excluding carboxylic acids is 2. The van der Waals surface area contributed by atoms with Gasteiger partial charge in [0, 0.05) is 12.1 Å². The molecule has 0 aliphatic heterocycles. The molecular weight excluding hydrogens is 280 g/mol. The SMILES string of the molecule is Cc1ccccc1C(=O)NCC(=O)NCC1CCCC(O)C1. The Bertz CT molecular complexity index is 530. The molecular formula is C17H24N2O3. The predicted molar refractivity (Wildman–Crippen MR) is 84.5 cm³/mol. The number of nitrogens with one attached hydrogen (secondary N) is 2. The van der Waals surface area contributed by atoms with Crippen LogP contribution in [0.4, 0.5) is 0 Å².